The van der Waals surface area contributed by atoms with E-state index < -0.39 is 0 Å². The number of nitrogens with one attached hydrogen (secondary N) is 1. The number of para-hydroxylation sites is 1. The molecule has 21 heavy (non-hydrogen) atoms. The molecule has 0 saturated heterocycles. The summed E-state index contributed by atoms with van der Waals surface area (Å²) < 4.78 is 12.3. The van der Waals surface area contributed by atoms with E-state index in [1.807, 2.05) is 71.5 Å². The molecule has 1 N–H and O–H groups in total. The van der Waals surface area contributed by atoms with Crippen LogP contribution in [0.15, 0.2) is 66.9 Å². The van der Waals surface area contributed by atoms with E-state index in [0.717, 1.165) is 22.8 Å². The SMILES string of the molecule is O=[S+]Cc1ccc(Nc2ccn(-c3ccccc3)n2)cc1. The molecule has 0 unspecified atom stereocenters. The van der Waals surface area contributed by atoms with Crippen molar-refractivity contribution in [3.63, 3.8) is 0 Å². The van der Waals surface area contributed by atoms with Crippen molar-refractivity contribution in [1.29, 1.82) is 0 Å². The Labute approximate surface area is 126 Å². The Morgan fingerprint density at radius 2 is 1.76 bits per heavy atom. The van der Waals surface area contributed by atoms with E-state index in [0.29, 0.717) is 17.4 Å². The Morgan fingerprint density at radius 3 is 2.48 bits per heavy atom. The van der Waals surface area contributed by atoms with Gasteiger partial charge in [0.25, 0.3) is 5.75 Å². The van der Waals surface area contributed by atoms with Gasteiger partial charge < -0.3 is 5.32 Å². The molecule has 0 radical (unpaired) electrons. The minimum absolute atomic E-state index is 0.489. The summed E-state index contributed by atoms with van der Waals surface area (Å²) in [4.78, 5) is 0. The van der Waals surface area contributed by atoms with Crippen molar-refractivity contribution in [2.45, 2.75) is 5.75 Å². The van der Waals surface area contributed by atoms with Gasteiger partial charge in [-0.05, 0) is 24.3 Å². The molecule has 0 fully saturated rings. The standard InChI is InChI=1S/C16H14N3OS/c20-21-12-13-6-8-14(9-7-13)17-16-10-11-19(18-16)15-4-2-1-3-5-15/h1-11H,12H2,(H,17,18)/q+1. The molecule has 0 saturated carbocycles. The van der Waals surface area contributed by atoms with Crippen LogP contribution in [-0.4, -0.2) is 9.78 Å². The Hall–Kier alpha value is -2.53. The highest BCUT2D eigenvalue weighted by Crippen LogP contribution is 2.17. The summed E-state index contributed by atoms with van der Waals surface area (Å²) in [7, 11) is 0. The summed E-state index contributed by atoms with van der Waals surface area (Å²) in [6, 6.07) is 19.7. The number of hydrogen-bond donors (Lipinski definition) is 1. The quantitative estimate of drug-likeness (QED) is 0.732. The van der Waals surface area contributed by atoms with Crippen molar-refractivity contribution in [3.05, 3.63) is 72.4 Å². The fourth-order valence-electron chi connectivity index (χ4n) is 2.02. The van der Waals surface area contributed by atoms with Gasteiger partial charge in [-0.1, -0.05) is 30.3 Å². The van der Waals surface area contributed by atoms with E-state index in [9.17, 15) is 4.21 Å². The average Bonchev–Trinajstić information content (AvgIpc) is 2.99. The minimum atomic E-state index is 0.489. The molecule has 0 aliphatic heterocycles. The van der Waals surface area contributed by atoms with E-state index in [-0.39, 0.29) is 0 Å². The summed E-state index contributed by atoms with van der Waals surface area (Å²) in [5, 5.41) is 7.73. The van der Waals surface area contributed by atoms with Crippen LogP contribution in [0.2, 0.25) is 0 Å². The number of rotatable bonds is 5. The van der Waals surface area contributed by atoms with Gasteiger partial charge in [-0.3, -0.25) is 0 Å². The highest BCUT2D eigenvalue weighted by atomic mass is 32.1. The minimum Gasteiger partial charge on any atom is -0.339 e. The van der Waals surface area contributed by atoms with E-state index in [1.54, 1.807) is 0 Å². The molecular weight excluding hydrogens is 282 g/mol. The fraction of sp³-hybridized carbons (Fsp3) is 0.0625. The molecule has 0 bridgehead atoms. The van der Waals surface area contributed by atoms with Gasteiger partial charge in [-0.25, -0.2) is 4.68 Å². The largest absolute Gasteiger partial charge is 0.463 e. The number of nitrogens with zero attached hydrogens (tertiary/aromatic N) is 2. The third-order valence-electron chi connectivity index (χ3n) is 3.06. The zero-order chi connectivity index (χ0) is 14.5. The second-order valence-electron chi connectivity index (χ2n) is 4.57. The summed E-state index contributed by atoms with van der Waals surface area (Å²) in [6.07, 6.45) is 1.92. The normalized spacial score (nSPS) is 10.3. The molecule has 5 heteroatoms. The molecule has 0 atom stereocenters. The van der Waals surface area contributed by atoms with Crippen LogP contribution in [0, 0.1) is 0 Å². The highest BCUT2D eigenvalue weighted by molar-refractivity contribution is 7.64. The fourth-order valence-corrected chi connectivity index (χ4v) is 2.34. The van der Waals surface area contributed by atoms with Crippen molar-refractivity contribution in [2.75, 3.05) is 5.32 Å². The summed E-state index contributed by atoms with van der Waals surface area (Å²) in [5.41, 5.74) is 3.00. The molecule has 0 aliphatic rings. The molecular formula is C16H14N3OS+. The Kier molecular flexibility index (Phi) is 4.02. The number of aromatic nitrogens is 2. The monoisotopic (exact) mass is 296 g/mol. The molecule has 4 nitrogen and oxygen atoms in total. The van der Waals surface area contributed by atoms with E-state index in [4.69, 9.17) is 0 Å². The van der Waals surface area contributed by atoms with Gasteiger partial charge in [0.15, 0.2) is 5.82 Å². The smallest absolute Gasteiger partial charge is 0.339 e. The maximum absolute atomic E-state index is 10.5. The molecule has 0 spiro atoms. The topological polar surface area (TPSA) is 46.9 Å². The van der Waals surface area contributed by atoms with Crippen LogP contribution in [0.4, 0.5) is 11.5 Å². The van der Waals surface area contributed by atoms with Crippen molar-refractivity contribution in [2.24, 2.45) is 0 Å². The molecule has 0 amide bonds. The van der Waals surface area contributed by atoms with Crippen molar-refractivity contribution < 1.29 is 4.21 Å². The van der Waals surface area contributed by atoms with Crippen LogP contribution in [0.5, 0.6) is 0 Å². The molecule has 0 aliphatic carbocycles. The van der Waals surface area contributed by atoms with Crippen LogP contribution >= 0.6 is 0 Å². The van der Waals surface area contributed by atoms with Crippen molar-refractivity contribution >= 4 is 23.2 Å². The second kappa shape index (κ2) is 6.28. The van der Waals surface area contributed by atoms with Gasteiger partial charge in [-0.15, -0.1) is 0 Å². The zero-order valence-corrected chi connectivity index (χ0v) is 12.1. The molecule has 3 rings (SSSR count). The Morgan fingerprint density at radius 1 is 1.00 bits per heavy atom. The highest BCUT2D eigenvalue weighted by Gasteiger charge is 2.04. The summed E-state index contributed by atoms with van der Waals surface area (Å²) in [5.74, 6) is 1.27. The second-order valence-corrected chi connectivity index (χ2v) is 5.09. The van der Waals surface area contributed by atoms with Crippen LogP contribution < -0.4 is 5.32 Å². The van der Waals surface area contributed by atoms with Crippen LogP contribution in [-0.2, 0) is 21.6 Å². The van der Waals surface area contributed by atoms with Gasteiger partial charge in [0.1, 0.15) is 0 Å². The van der Waals surface area contributed by atoms with Gasteiger partial charge in [0.05, 0.1) is 5.69 Å². The molecule has 3 aromatic rings. The van der Waals surface area contributed by atoms with Gasteiger partial charge in [-0.2, -0.15) is 5.10 Å². The van der Waals surface area contributed by atoms with E-state index in [1.165, 1.54) is 0 Å². The number of benzene rings is 2. The lowest BCUT2D eigenvalue weighted by atomic mass is 10.2. The molecule has 104 valence electrons. The van der Waals surface area contributed by atoms with Gasteiger partial charge >= 0.3 is 11.7 Å². The Balaban J connectivity index is 1.74. The predicted octanol–water partition coefficient (Wildman–Crippen LogP) is 3.54. The summed E-state index contributed by atoms with van der Waals surface area (Å²) >= 11 is 0.579. The zero-order valence-electron chi connectivity index (χ0n) is 11.3. The third-order valence-corrected chi connectivity index (χ3v) is 3.51. The Bertz CT molecular complexity index is 723. The van der Waals surface area contributed by atoms with E-state index in [2.05, 4.69) is 10.4 Å². The maximum atomic E-state index is 10.5. The lowest BCUT2D eigenvalue weighted by Crippen LogP contribution is -1.96. The van der Waals surface area contributed by atoms with Crippen molar-refractivity contribution in [3.8, 4) is 5.69 Å². The number of anilines is 2. The first-order valence-electron chi connectivity index (χ1n) is 6.57. The van der Waals surface area contributed by atoms with Crippen molar-refractivity contribution in [1.82, 2.24) is 9.78 Å². The third kappa shape index (κ3) is 3.32. The lowest BCUT2D eigenvalue weighted by molar-refractivity contribution is 0.604. The average molecular weight is 296 g/mol. The van der Waals surface area contributed by atoms with Crippen LogP contribution in [0.3, 0.4) is 0 Å². The molecule has 2 aromatic carbocycles. The molecule has 1 aromatic heterocycles. The van der Waals surface area contributed by atoms with Crippen LogP contribution in [0.25, 0.3) is 5.69 Å². The van der Waals surface area contributed by atoms with Gasteiger partial charge in [0.2, 0.25) is 0 Å². The predicted molar refractivity (Wildman–Crippen MR) is 85.0 cm³/mol. The summed E-state index contributed by atoms with van der Waals surface area (Å²) in [6.45, 7) is 0. The lowest BCUT2D eigenvalue weighted by Gasteiger charge is -2.03. The molecule has 1 heterocycles. The van der Waals surface area contributed by atoms with Gasteiger partial charge in [0, 0.05) is 27.7 Å². The number of hydrogen-bond acceptors (Lipinski definition) is 3. The van der Waals surface area contributed by atoms with Crippen LogP contribution in [0.1, 0.15) is 5.56 Å². The van der Waals surface area contributed by atoms with E-state index >= 15 is 0 Å². The first kappa shape index (κ1) is 13.5. The first-order chi connectivity index (χ1) is 10.3. The first-order valence-corrected chi connectivity index (χ1v) is 7.48. The maximum Gasteiger partial charge on any atom is 0.463 e.